The number of methoxy groups -OCH3 is 1. The van der Waals surface area contributed by atoms with Crippen molar-refractivity contribution < 1.29 is 4.74 Å². The van der Waals surface area contributed by atoms with Crippen LogP contribution in [0.4, 0.5) is 0 Å². The highest BCUT2D eigenvalue weighted by Crippen LogP contribution is 2.26. The Labute approximate surface area is 126 Å². The average Bonchev–Trinajstić information content (AvgIpc) is 2.28. The molecule has 0 saturated heterocycles. The molecule has 1 aromatic carbocycles. The number of hydrogen-bond donors (Lipinski definition) is 1. The van der Waals surface area contributed by atoms with Crippen molar-refractivity contribution >= 4 is 15.9 Å². The van der Waals surface area contributed by atoms with E-state index < -0.39 is 0 Å². The molecule has 1 aromatic rings. The number of ether oxygens (including phenoxy) is 1. The molecule has 0 radical (unpaired) electrons. The number of rotatable bonds is 6. The van der Waals surface area contributed by atoms with Crippen LogP contribution in [0.2, 0.25) is 0 Å². The fourth-order valence-corrected chi connectivity index (χ4v) is 3.03. The first-order valence-electron chi connectivity index (χ1n) is 6.89. The maximum atomic E-state index is 5.76. The summed E-state index contributed by atoms with van der Waals surface area (Å²) in [6.45, 7) is 9.78. The highest BCUT2D eigenvalue weighted by atomic mass is 79.9. The molecule has 0 spiro atoms. The van der Waals surface area contributed by atoms with E-state index in [1.165, 1.54) is 5.56 Å². The third kappa shape index (κ3) is 5.25. The van der Waals surface area contributed by atoms with Crippen LogP contribution in [0.3, 0.4) is 0 Å². The molecule has 0 aliphatic heterocycles. The Morgan fingerprint density at radius 1 is 1.32 bits per heavy atom. The molecule has 19 heavy (non-hydrogen) atoms. The lowest BCUT2D eigenvalue weighted by Gasteiger charge is -2.36. The molecule has 0 bridgehead atoms. The van der Waals surface area contributed by atoms with Gasteiger partial charge in [-0.25, -0.2) is 0 Å². The number of nitrogens with one attached hydrogen (secondary N) is 1. The highest BCUT2D eigenvalue weighted by molar-refractivity contribution is 9.10. The minimum absolute atomic E-state index is 0.119. The monoisotopic (exact) mass is 327 g/mol. The third-order valence-corrected chi connectivity index (χ3v) is 3.78. The predicted molar refractivity (Wildman–Crippen MR) is 85.6 cm³/mol. The van der Waals surface area contributed by atoms with E-state index >= 15 is 0 Å². The van der Waals surface area contributed by atoms with E-state index in [0.29, 0.717) is 6.04 Å². The van der Waals surface area contributed by atoms with E-state index in [9.17, 15) is 0 Å². The van der Waals surface area contributed by atoms with Gasteiger partial charge in [0, 0.05) is 17.6 Å². The molecule has 0 saturated carbocycles. The van der Waals surface area contributed by atoms with Crippen molar-refractivity contribution in [2.45, 2.75) is 46.3 Å². The zero-order valence-corrected chi connectivity index (χ0v) is 14.3. The van der Waals surface area contributed by atoms with Gasteiger partial charge in [-0.2, -0.15) is 0 Å². The summed E-state index contributed by atoms with van der Waals surface area (Å²) in [5, 5.41) is 3.57. The minimum Gasteiger partial charge on any atom is -0.379 e. The second-order valence-corrected chi connectivity index (χ2v) is 6.94. The van der Waals surface area contributed by atoms with Gasteiger partial charge in [0.25, 0.3) is 0 Å². The van der Waals surface area contributed by atoms with Gasteiger partial charge in [-0.05, 0) is 36.1 Å². The van der Waals surface area contributed by atoms with E-state index in [2.05, 4.69) is 73.2 Å². The van der Waals surface area contributed by atoms with Crippen LogP contribution in [-0.2, 0) is 11.2 Å². The van der Waals surface area contributed by atoms with Crippen molar-refractivity contribution in [3.8, 4) is 0 Å². The Hall–Kier alpha value is -0.380. The van der Waals surface area contributed by atoms with Crippen LogP contribution in [0, 0.1) is 5.41 Å². The van der Waals surface area contributed by atoms with Gasteiger partial charge in [-0.1, -0.05) is 55.8 Å². The normalized spacial score (nSPS) is 15.3. The molecule has 0 fully saturated rings. The van der Waals surface area contributed by atoms with Crippen LogP contribution in [-0.4, -0.2) is 25.8 Å². The lowest BCUT2D eigenvalue weighted by Crippen LogP contribution is -2.48. The summed E-state index contributed by atoms with van der Waals surface area (Å²) in [6, 6.07) is 8.82. The van der Waals surface area contributed by atoms with Crippen LogP contribution in [0.25, 0.3) is 0 Å². The van der Waals surface area contributed by atoms with Crippen LogP contribution in [0.15, 0.2) is 28.7 Å². The Bertz CT molecular complexity index is 387. The summed E-state index contributed by atoms with van der Waals surface area (Å²) < 4.78 is 6.89. The zero-order chi connectivity index (χ0) is 14.5. The molecule has 0 heterocycles. The fourth-order valence-electron chi connectivity index (χ4n) is 2.59. The summed E-state index contributed by atoms with van der Waals surface area (Å²) in [7, 11) is 1.81. The lowest BCUT2D eigenvalue weighted by molar-refractivity contribution is -0.0106. The van der Waals surface area contributed by atoms with Crippen LogP contribution >= 0.6 is 15.9 Å². The van der Waals surface area contributed by atoms with Gasteiger partial charge < -0.3 is 10.1 Å². The molecule has 0 aromatic heterocycles. The maximum absolute atomic E-state index is 5.76. The predicted octanol–water partition coefficient (Wildman–Crippen LogP) is 4.03. The SMILES string of the molecule is CCNC(Cc1cccc(Br)c1)C(OC)C(C)(C)C. The minimum atomic E-state index is 0.119. The summed E-state index contributed by atoms with van der Waals surface area (Å²) in [4.78, 5) is 0. The Morgan fingerprint density at radius 2 is 2.00 bits per heavy atom. The van der Waals surface area contributed by atoms with Gasteiger partial charge in [0.2, 0.25) is 0 Å². The standard InChI is InChI=1S/C16H26BrNO/c1-6-18-14(15(19-5)16(2,3)4)11-12-8-7-9-13(17)10-12/h7-10,14-15,18H,6,11H2,1-5H3. The second-order valence-electron chi connectivity index (χ2n) is 6.02. The van der Waals surface area contributed by atoms with Crippen LogP contribution in [0.1, 0.15) is 33.3 Å². The van der Waals surface area contributed by atoms with Gasteiger partial charge in [-0.15, -0.1) is 0 Å². The third-order valence-electron chi connectivity index (χ3n) is 3.28. The van der Waals surface area contributed by atoms with Gasteiger partial charge in [0.1, 0.15) is 0 Å². The van der Waals surface area contributed by atoms with E-state index in [-0.39, 0.29) is 11.5 Å². The highest BCUT2D eigenvalue weighted by Gasteiger charge is 2.31. The largest absolute Gasteiger partial charge is 0.379 e. The smallest absolute Gasteiger partial charge is 0.0775 e. The molecule has 0 aliphatic carbocycles. The Balaban J connectivity index is 2.88. The van der Waals surface area contributed by atoms with E-state index in [1.54, 1.807) is 7.11 Å². The fraction of sp³-hybridized carbons (Fsp3) is 0.625. The molecule has 1 rings (SSSR count). The Morgan fingerprint density at radius 3 is 2.47 bits per heavy atom. The average molecular weight is 328 g/mol. The van der Waals surface area contributed by atoms with Crippen molar-refractivity contribution in [2.75, 3.05) is 13.7 Å². The first kappa shape index (κ1) is 16.7. The first-order valence-corrected chi connectivity index (χ1v) is 7.68. The molecule has 108 valence electrons. The quantitative estimate of drug-likeness (QED) is 0.851. The van der Waals surface area contributed by atoms with Gasteiger partial charge >= 0.3 is 0 Å². The topological polar surface area (TPSA) is 21.3 Å². The molecule has 3 heteroatoms. The molecule has 0 amide bonds. The van der Waals surface area contributed by atoms with Crippen LogP contribution in [0.5, 0.6) is 0 Å². The molecule has 2 nitrogen and oxygen atoms in total. The molecule has 2 atom stereocenters. The molecule has 2 unspecified atom stereocenters. The van der Waals surface area contributed by atoms with Crippen molar-refractivity contribution in [1.82, 2.24) is 5.32 Å². The number of halogens is 1. The first-order chi connectivity index (χ1) is 8.88. The number of benzene rings is 1. The lowest BCUT2D eigenvalue weighted by atomic mass is 9.82. The van der Waals surface area contributed by atoms with Gasteiger partial charge in [-0.3, -0.25) is 0 Å². The summed E-state index contributed by atoms with van der Waals surface area (Å²) in [6.07, 6.45) is 1.16. The van der Waals surface area contributed by atoms with Gasteiger partial charge in [0.05, 0.1) is 6.10 Å². The zero-order valence-electron chi connectivity index (χ0n) is 12.7. The van der Waals surface area contributed by atoms with Crippen molar-refractivity contribution in [1.29, 1.82) is 0 Å². The van der Waals surface area contributed by atoms with Crippen molar-refractivity contribution in [2.24, 2.45) is 5.41 Å². The van der Waals surface area contributed by atoms with Crippen LogP contribution < -0.4 is 5.32 Å². The molecular formula is C16H26BrNO. The number of likely N-dealkylation sites (N-methyl/N-ethyl adjacent to an activating group) is 1. The van der Waals surface area contributed by atoms with E-state index in [1.807, 2.05) is 0 Å². The van der Waals surface area contributed by atoms with Crippen molar-refractivity contribution in [3.05, 3.63) is 34.3 Å². The Kier molecular flexibility index (Phi) is 6.51. The summed E-state index contributed by atoms with van der Waals surface area (Å²) in [5.41, 5.74) is 1.44. The van der Waals surface area contributed by atoms with Gasteiger partial charge in [0.15, 0.2) is 0 Å². The maximum Gasteiger partial charge on any atom is 0.0775 e. The van der Waals surface area contributed by atoms with E-state index in [4.69, 9.17) is 4.74 Å². The molecular weight excluding hydrogens is 302 g/mol. The summed E-state index contributed by atoms with van der Waals surface area (Å²) in [5.74, 6) is 0. The molecule has 0 aliphatic rings. The molecule has 1 N–H and O–H groups in total. The second kappa shape index (κ2) is 7.41. The summed E-state index contributed by atoms with van der Waals surface area (Å²) >= 11 is 3.53. The van der Waals surface area contributed by atoms with Crippen molar-refractivity contribution in [3.63, 3.8) is 0 Å². The number of hydrogen-bond acceptors (Lipinski definition) is 2. The van der Waals surface area contributed by atoms with E-state index in [0.717, 1.165) is 17.4 Å².